The average Bonchev–Trinajstić information content (AvgIpc) is 3.13. The fourth-order valence-corrected chi connectivity index (χ4v) is 3.75. The molecule has 1 aliphatic rings. The van der Waals surface area contributed by atoms with Crippen molar-refractivity contribution in [2.45, 2.75) is 17.9 Å². The van der Waals surface area contributed by atoms with Crippen molar-refractivity contribution in [1.29, 1.82) is 0 Å². The normalized spacial score (nSPS) is 13.2. The summed E-state index contributed by atoms with van der Waals surface area (Å²) >= 11 is 1.57. The minimum Gasteiger partial charge on any atom is -0.496 e. The van der Waals surface area contributed by atoms with E-state index in [0.29, 0.717) is 40.6 Å². The number of amides is 1. The Labute approximate surface area is 170 Å². The number of aromatic nitrogens is 2. The Hall–Kier alpha value is -3.33. The highest BCUT2D eigenvalue weighted by Gasteiger charge is 2.18. The summed E-state index contributed by atoms with van der Waals surface area (Å²) in [7, 11) is 1.56. The second kappa shape index (κ2) is 8.36. The number of methoxy groups -OCH3 is 1. The van der Waals surface area contributed by atoms with Gasteiger partial charge in [-0.25, -0.2) is 4.79 Å². The van der Waals surface area contributed by atoms with Gasteiger partial charge >= 0.3 is 5.97 Å². The van der Waals surface area contributed by atoms with Crippen molar-refractivity contribution in [2.24, 2.45) is 0 Å². The van der Waals surface area contributed by atoms with Gasteiger partial charge in [-0.1, -0.05) is 17.3 Å². The molecule has 0 saturated carbocycles. The summed E-state index contributed by atoms with van der Waals surface area (Å²) in [5.74, 6) is 1.21. The number of nitrogens with zero attached hydrogens (tertiary/aromatic N) is 2. The number of rotatable bonds is 5. The zero-order valence-corrected chi connectivity index (χ0v) is 16.3. The van der Waals surface area contributed by atoms with Crippen LogP contribution in [0.2, 0.25) is 0 Å². The maximum atomic E-state index is 12.4. The van der Waals surface area contributed by atoms with Crippen LogP contribution in [0.25, 0.3) is 11.4 Å². The van der Waals surface area contributed by atoms with Gasteiger partial charge in [0.1, 0.15) is 5.75 Å². The summed E-state index contributed by atoms with van der Waals surface area (Å²) in [5, 5.41) is 6.72. The van der Waals surface area contributed by atoms with E-state index in [1.54, 1.807) is 43.1 Å². The highest BCUT2D eigenvalue weighted by Crippen LogP contribution is 2.32. The Morgan fingerprint density at radius 2 is 2.14 bits per heavy atom. The maximum absolute atomic E-state index is 12.4. The zero-order chi connectivity index (χ0) is 20.2. The third-order valence-electron chi connectivity index (χ3n) is 4.22. The predicted molar refractivity (Wildman–Crippen MR) is 106 cm³/mol. The van der Waals surface area contributed by atoms with Gasteiger partial charge in [-0.3, -0.25) is 4.79 Å². The van der Waals surface area contributed by atoms with Gasteiger partial charge in [-0.05, 0) is 30.3 Å². The van der Waals surface area contributed by atoms with Crippen LogP contribution in [0.15, 0.2) is 51.9 Å². The van der Waals surface area contributed by atoms with Gasteiger partial charge < -0.3 is 19.3 Å². The van der Waals surface area contributed by atoms with Crippen LogP contribution in [-0.4, -0.2) is 34.9 Å². The molecule has 0 fully saturated rings. The SMILES string of the molecule is COc1ccccc1-c1noc(COC(=O)c2ccc3c(c2)NC(=O)CCS3)n1. The number of benzene rings is 2. The summed E-state index contributed by atoms with van der Waals surface area (Å²) in [6.45, 7) is -0.167. The molecule has 0 atom stereocenters. The van der Waals surface area contributed by atoms with Gasteiger partial charge in [0.15, 0.2) is 6.61 Å². The monoisotopic (exact) mass is 411 g/mol. The first-order chi connectivity index (χ1) is 14.1. The lowest BCUT2D eigenvalue weighted by molar-refractivity contribution is -0.115. The number of hydrogen-bond acceptors (Lipinski definition) is 8. The van der Waals surface area contributed by atoms with Crippen LogP contribution in [-0.2, 0) is 16.1 Å². The van der Waals surface area contributed by atoms with Crippen molar-refractivity contribution in [1.82, 2.24) is 10.1 Å². The van der Waals surface area contributed by atoms with Gasteiger partial charge in [-0.15, -0.1) is 11.8 Å². The molecule has 0 aliphatic carbocycles. The molecule has 0 spiro atoms. The van der Waals surface area contributed by atoms with E-state index in [0.717, 1.165) is 4.90 Å². The van der Waals surface area contributed by atoms with Crippen LogP contribution in [0, 0.1) is 0 Å². The van der Waals surface area contributed by atoms with E-state index in [1.807, 2.05) is 18.2 Å². The molecule has 0 unspecified atom stereocenters. The summed E-state index contributed by atoms with van der Waals surface area (Å²) in [5.41, 5.74) is 1.62. The number of hydrogen-bond donors (Lipinski definition) is 1. The van der Waals surface area contributed by atoms with Crippen molar-refractivity contribution in [3.05, 3.63) is 53.9 Å². The number of carbonyl (C=O) groups is 2. The summed E-state index contributed by atoms with van der Waals surface area (Å²) < 4.78 is 15.7. The van der Waals surface area contributed by atoms with Crippen molar-refractivity contribution in [3.63, 3.8) is 0 Å². The second-order valence-corrected chi connectivity index (χ2v) is 7.28. The van der Waals surface area contributed by atoms with Crippen LogP contribution in [0.3, 0.4) is 0 Å². The number of anilines is 1. The van der Waals surface area contributed by atoms with Crippen LogP contribution in [0.5, 0.6) is 5.75 Å². The highest BCUT2D eigenvalue weighted by molar-refractivity contribution is 7.99. The van der Waals surface area contributed by atoms with Gasteiger partial charge in [0.2, 0.25) is 11.7 Å². The molecule has 0 saturated heterocycles. The van der Waals surface area contributed by atoms with E-state index >= 15 is 0 Å². The molecular weight excluding hydrogens is 394 g/mol. The molecule has 9 heteroatoms. The second-order valence-electron chi connectivity index (χ2n) is 6.15. The summed E-state index contributed by atoms with van der Waals surface area (Å²) in [6, 6.07) is 12.4. The summed E-state index contributed by atoms with van der Waals surface area (Å²) in [6.07, 6.45) is 0.435. The Kier molecular flexibility index (Phi) is 5.48. The molecule has 29 heavy (non-hydrogen) atoms. The van der Waals surface area contributed by atoms with Crippen molar-refractivity contribution in [3.8, 4) is 17.1 Å². The molecular formula is C20H17N3O5S. The van der Waals surface area contributed by atoms with E-state index < -0.39 is 5.97 Å². The first-order valence-corrected chi connectivity index (χ1v) is 9.82. The molecule has 1 aliphatic heterocycles. The molecule has 0 bridgehead atoms. The largest absolute Gasteiger partial charge is 0.496 e. The Bertz CT molecular complexity index is 1070. The van der Waals surface area contributed by atoms with E-state index in [-0.39, 0.29) is 18.4 Å². The molecule has 1 amide bonds. The van der Waals surface area contributed by atoms with Crippen LogP contribution >= 0.6 is 11.8 Å². The Morgan fingerprint density at radius 1 is 1.28 bits per heavy atom. The number of thioether (sulfide) groups is 1. The number of carbonyl (C=O) groups excluding carboxylic acids is 2. The molecule has 1 aromatic heterocycles. The molecule has 2 aromatic carbocycles. The van der Waals surface area contributed by atoms with Crippen molar-refractivity contribution < 1.29 is 23.6 Å². The lowest BCUT2D eigenvalue weighted by Crippen LogP contribution is -2.11. The number of fused-ring (bicyclic) bond motifs is 1. The Balaban J connectivity index is 1.44. The highest BCUT2D eigenvalue weighted by atomic mass is 32.2. The van der Waals surface area contributed by atoms with Gasteiger partial charge in [0.05, 0.1) is 23.9 Å². The average molecular weight is 411 g/mol. The summed E-state index contributed by atoms with van der Waals surface area (Å²) in [4.78, 5) is 29.3. The van der Waals surface area contributed by atoms with Crippen LogP contribution in [0.4, 0.5) is 5.69 Å². The van der Waals surface area contributed by atoms with Gasteiger partial charge in [0, 0.05) is 17.1 Å². The first-order valence-electron chi connectivity index (χ1n) is 8.84. The van der Waals surface area contributed by atoms with Crippen LogP contribution in [0.1, 0.15) is 22.7 Å². The molecule has 4 rings (SSSR count). The van der Waals surface area contributed by atoms with Crippen molar-refractivity contribution in [2.75, 3.05) is 18.2 Å². The topological polar surface area (TPSA) is 104 Å². The number of ether oxygens (including phenoxy) is 2. The van der Waals surface area contributed by atoms with E-state index in [2.05, 4.69) is 15.5 Å². The number of esters is 1. The standard InChI is InChI=1S/C20H17N3O5S/c1-26-15-5-3-2-4-13(15)19-22-18(28-23-19)11-27-20(25)12-6-7-16-14(10-12)21-17(24)8-9-29-16/h2-7,10H,8-9,11H2,1H3,(H,21,24). The molecule has 8 nitrogen and oxygen atoms in total. The molecule has 2 heterocycles. The predicted octanol–water partition coefficient (Wildman–Crippen LogP) is 3.54. The minimum atomic E-state index is -0.548. The molecule has 3 aromatic rings. The molecule has 148 valence electrons. The quantitative estimate of drug-likeness (QED) is 0.636. The third kappa shape index (κ3) is 4.24. The van der Waals surface area contributed by atoms with E-state index in [9.17, 15) is 9.59 Å². The fourth-order valence-electron chi connectivity index (χ4n) is 2.81. The van der Waals surface area contributed by atoms with Gasteiger partial charge in [0.25, 0.3) is 5.89 Å². The minimum absolute atomic E-state index is 0.0727. The van der Waals surface area contributed by atoms with E-state index in [1.165, 1.54) is 0 Å². The van der Waals surface area contributed by atoms with Crippen molar-refractivity contribution >= 4 is 29.3 Å². The Morgan fingerprint density at radius 3 is 3.00 bits per heavy atom. The smallest absolute Gasteiger partial charge is 0.338 e. The van der Waals surface area contributed by atoms with E-state index in [4.69, 9.17) is 14.0 Å². The molecule has 1 N–H and O–H groups in total. The third-order valence-corrected chi connectivity index (χ3v) is 5.29. The zero-order valence-electron chi connectivity index (χ0n) is 15.5. The van der Waals surface area contributed by atoms with Crippen LogP contribution < -0.4 is 10.1 Å². The van der Waals surface area contributed by atoms with Gasteiger partial charge in [-0.2, -0.15) is 4.98 Å². The maximum Gasteiger partial charge on any atom is 0.338 e. The lowest BCUT2D eigenvalue weighted by Gasteiger charge is -2.08. The number of para-hydroxylation sites is 1. The fraction of sp³-hybridized carbons (Fsp3) is 0.200. The lowest BCUT2D eigenvalue weighted by atomic mass is 10.2. The number of nitrogens with one attached hydrogen (secondary N) is 1. The first kappa shape index (κ1) is 19.0. The molecule has 0 radical (unpaired) electrons.